The van der Waals surface area contributed by atoms with Gasteiger partial charge in [0.25, 0.3) is 0 Å². The molecule has 0 radical (unpaired) electrons. The highest BCUT2D eigenvalue weighted by atomic mass is 35.5. The van der Waals surface area contributed by atoms with E-state index in [9.17, 15) is 4.79 Å². The number of nitrogens with one attached hydrogen (secondary N) is 1. The van der Waals surface area contributed by atoms with Crippen LogP contribution in [-0.4, -0.2) is 16.3 Å². The van der Waals surface area contributed by atoms with E-state index in [1.807, 2.05) is 30.3 Å². The van der Waals surface area contributed by atoms with Crippen molar-refractivity contribution in [2.75, 3.05) is 9.80 Å². The van der Waals surface area contributed by atoms with Gasteiger partial charge < -0.3 is 9.84 Å². The number of anilines is 2. The molecule has 1 saturated heterocycles. The Labute approximate surface area is 166 Å². The summed E-state index contributed by atoms with van der Waals surface area (Å²) in [5, 5.41) is 8.14. The molecule has 0 saturated carbocycles. The van der Waals surface area contributed by atoms with Crippen LogP contribution in [0.3, 0.4) is 0 Å². The summed E-state index contributed by atoms with van der Waals surface area (Å²) in [7, 11) is 0. The lowest BCUT2D eigenvalue weighted by Crippen LogP contribution is -2.61. The predicted molar refractivity (Wildman–Crippen MR) is 108 cm³/mol. The van der Waals surface area contributed by atoms with Crippen LogP contribution in [0, 0.1) is 6.92 Å². The van der Waals surface area contributed by atoms with Crippen LogP contribution in [0.15, 0.2) is 65.2 Å². The summed E-state index contributed by atoms with van der Waals surface area (Å²) in [5.41, 5.74) is 1.49. The Morgan fingerprint density at radius 2 is 1.85 bits per heavy atom. The van der Waals surface area contributed by atoms with E-state index in [-0.39, 0.29) is 6.03 Å². The molecule has 1 atom stereocenters. The monoisotopic (exact) mass is 398 g/mol. The number of hydrogen-bond acceptors (Lipinski definition) is 4. The Morgan fingerprint density at radius 3 is 2.48 bits per heavy atom. The van der Waals surface area contributed by atoms with Crippen LogP contribution in [0.1, 0.15) is 17.5 Å². The van der Waals surface area contributed by atoms with Gasteiger partial charge in [-0.05, 0) is 49.0 Å². The molecule has 1 N–H and O–H groups in total. The van der Waals surface area contributed by atoms with E-state index in [4.69, 9.17) is 28.3 Å². The molecule has 6 nitrogen and oxygen atoms in total. The molecule has 1 aromatic heterocycles. The minimum absolute atomic E-state index is 0.299. The maximum Gasteiger partial charge on any atom is 0.338 e. The normalized spacial score (nSPS) is 17.2. The van der Waals surface area contributed by atoms with Gasteiger partial charge in [-0.15, -0.1) is 0 Å². The van der Waals surface area contributed by atoms with Crippen molar-refractivity contribution in [1.29, 1.82) is 0 Å². The molecule has 2 heterocycles. The third-order valence-corrected chi connectivity index (χ3v) is 4.73. The summed E-state index contributed by atoms with van der Waals surface area (Å²) in [6, 6.07) is 17.8. The van der Waals surface area contributed by atoms with E-state index < -0.39 is 6.17 Å². The molecule has 1 fully saturated rings. The van der Waals surface area contributed by atoms with Crippen molar-refractivity contribution in [3.8, 4) is 0 Å². The maximum absolute atomic E-state index is 13.4. The molecule has 136 valence electrons. The van der Waals surface area contributed by atoms with Crippen LogP contribution in [-0.2, 0) is 0 Å². The van der Waals surface area contributed by atoms with Gasteiger partial charge in [0, 0.05) is 11.1 Å². The molecular weight excluding hydrogens is 384 g/mol. The topological polar surface area (TPSA) is 61.6 Å². The first-order chi connectivity index (χ1) is 13.0. The number of carbonyl (C=O) groups is 1. The van der Waals surface area contributed by atoms with Crippen LogP contribution in [0.2, 0.25) is 5.02 Å². The number of carbonyl (C=O) groups excluding carboxylic acids is 1. The van der Waals surface area contributed by atoms with Gasteiger partial charge in [0.05, 0.1) is 5.69 Å². The van der Waals surface area contributed by atoms with Gasteiger partial charge in [0.1, 0.15) is 11.9 Å². The SMILES string of the molecule is Cc1cc(N2C(=O)N(c3ccc(Cl)cc3)C(=S)NC2c2ccccc2)no1. The zero-order valence-electron chi connectivity index (χ0n) is 14.3. The van der Waals surface area contributed by atoms with Gasteiger partial charge in [-0.25, -0.2) is 14.6 Å². The Kier molecular flexibility index (Phi) is 4.55. The first-order valence-electron chi connectivity index (χ1n) is 8.22. The quantitative estimate of drug-likeness (QED) is 0.650. The molecule has 27 heavy (non-hydrogen) atoms. The number of nitrogens with zero attached hydrogens (tertiary/aromatic N) is 3. The number of rotatable bonds is 3. The Hall–Kier alpha value is -2.90. The lowest BCUT2D eigenvalue weighted by molar-refractivity contribution is 0.248. The van der Waals surface area contributed by atoms with E-state index in [0.29, 0.717) is 27.4 Å². The molecule has 0 bridgehead atoms. The number of aromatic nitrogens is 1. The fraction of sp³-hybridized carbons (Fsp3) is 0.105. The minimum Gasteiger partial charge on any atom is -0.360 e. The summed E-state index contributed by atoms with van der Waals surface area (Å²) in [5.74, 6) is 1.01. The molecule has 1 unspecified atom stereocenters. The third kappa shape index (κ3) is 3.27. The van der Waals surface area contributed by atoms with E-state index in [2.05, 4.69) is 10.5 Å². The van der Waals surface area contributed by atoms with Crippen molar-refractivity contribution in [2.24, 2.45) is 0 Å². The third-order valence-electron chi connectivity index (χ3n) is 4.18. The largest absolute Gasteiger partial charge is 0.360 e. The Morgan fingerprint density at radius 1 is 1.15 bits per heavy atom. The molecule has 8 heteroatoms. The fourth-order valence-corrected chi connectivity index (χ4v) is 3.35. The van der Waals surface area contributed by atoms with Crippen molar-refractivity contribution in [2.45, 2.75) is 13.1 Å². The molecule has 2 amide bonds. The maximum atomic E-state index is 13.4. The van der Waals surface area contributed by atoms with Gasteiger partial charge >= 0.3 is 6.03 Å². The second kappa shape index (κ2) is 7.02. The molecule has 3 aromatic rings. The number of amides is 2. The highest BCUT2D eigenvalue weighted by molar-refractivity contribution is 7.80. The second-order valence-corrected chi connectivity index (χ2v) is 6.85. The van der Waals surface area contributed by atoms with Crippen molar-refractivity contribution in [3.63, 3.8) is 0 Å². The first kappa shape index (κ1) is 17.5. The molecule has 1 aliphatic heterocycles. The van der Waals surface area contributed by atoms with Gasteiger partial charge in [-0.2, -0.15) is 0 Å². The number of thiocarbonyl (C=S) groups is 1. The van der Waals surface area contributed by atoms with E-state index in [0.717, 1.165) is 5.56 Å². The van der Waals surface area contributed by atoms with Gasteiger partial charge in [0.15, 0.2) is 10.9 Å². The molecule has 2 aromatic carbocycles. The summed E-state index contributed by atoms with van der Waals surface area (Å²) in [6.07, 6.45) is -0.501. The average molecular weight is 399 g/mol. The molecule has 0 aliphatic carbocycles. The van der Waals surface area contributed by atoms with Crippen molar-refractivity contribution >= 4 is 46.5 Å². The summed E-state index contributed by atoms with van der Waals surface area (Å²) >= 11 is 11.5. The number of halogens is 1. The van der Waals surface area contributed by atoms with E-state index in [1.165, 1.54) is 9.80 Å². The fourth-order valence-electron chi connectivity index (χ4n) is 2.93. The van der Waals surface area contributed by atoms with Crippen LogP contribution >= 0.6 is 23.8 Å². The molecular formula is C19H15ClN4O2S. The summed E-state index contributed by atoms with van der Waals surface area (Å²) in [4.78, 5) is 16.4. The van der Waals surface area contributed by atoms with E-state index >= 15 is 0 Å². The standard InChI is InChI=1S/C19H15ClN4O2S/c1-12-11-16(22-26-12)24-17(13-5-3-2-4-6-13)21-18(27)23(19(24)25)15-9-7-14(20)8-10-15/h2-11,17H,1H3,(H,21,27). The van der Waals surface area contributed by atoms with Gasteiger partial charge in [-0.1, -0.05) is 47.1 Å². The number of aryl methyl sites for hydroxylation is 1. The second-order valence-electron chi connectivity index (χ2n) is 6.02. The van der Waals surface area contributed by atoms with Crippen LogP contribution < -0.4 is 15.1 Å². The Bertz CT molecular complexity index is 990. The lowest BCUT2D eigenvalue weighted by Gasteiger charge is -2.41. The zero-order chi connectivity index (χ0) is 19.0. The minimum atomic E-state index is -0.501. The number of hydrogen-bond donors (Lipinski definition) is 1. The van der Waals surface area contributed by atoms with Crippen molar-refractivity contribution in [1.82, 2.24) is 10.5 Å². The summed E-state index contributed by atoms with van der Waals surface area (Å²) < 4.78 is 5.19. The van der Waals surface area contributed by atoms with Crippen LogP contribution in [0.4, 0.5) is 16.3 Å². The zero-order valence-corrected chi connectivity index (χ0v) is 15.9. The number of urea groups is 1. The van der Waals surface area contributed by atoms with Crippen LogP contribution in [0.5, 0.6) is 0 Å². The number of benzene rings is 2. The highest BCUT2D eigenvalue weighted by Crippen LogP contribution is 2.32. The van der Waals surface area contributed by atoms with Crippen LogP contribution in [0.25, 0.3) is 0 Å². The highest BCUT2D eigenvalue weighted by Gasteiger charge is 2.40. The van der Waals surface area contributed by atoms with Gasteiger partial charge in [0.2, 0.25) is 0 Å². The molecule has 1 aliphatic rings. The molecule has 4 rings (SSSR count). The van der Waals surface area contributed by atoms with E-state index in [1.54, 1.807) is 37.3 Å². The average Bonchev–Trinajstić information content (AvgIpc) is 3.09. The predicted octanol–water partition coefficient (Wildman–Crippen LogP) is 4.66. The molecule has 0 spiro atoms. The van der Waals surface area contributed by atoms with Crippen molar-refractivity contribution < 1.29 is 9.32 Å². The first-order valence-corrected chi connectivity index (χ1v) is 9.01. The smallest absolute Gasteiger partial charge is 0.338 e. The summed E-state index contributed by atoms with van der Waals surface area (Å²) in [6.45, 7) is 1.78. The Balaban J connectivity index is 1.79. The lowest BCUT2D eigenvalue weighted by atomic mass is 10.1. The van der Waals surface area contributed by atoms with Gasteiger partial charge in [-0.3, -0.25) is 0 Å². The van der Waals surface area contributed by atoms with Crippen molar-refractivity contribution in [3.05, 3.63) is 77.0 Å².